The van der Waals surface area contributed by atoms with Crippen LogP contribution in [0.25, 0.3) is 5.65 Å². The zero-order valence-corrected chi connectivity index (χ0v) is 13.2. The van der Waals surface area contributed by atoms with Gasteiger partial charge in [-0.25, -0.2) is 4.98 Å². The van der Waals surface area contributed by atoms with E-state index in [2.05, 4.69) is 15.3 Å². The van der Waals surface area contributed by atoms with Gasteiger partial charge in [-0.3, -0.25) is 9.38 Å². The largest absolute Gasteiger partial charge is 0.416 e. The van der Waals surface area contributed by atoms with E-state index in [1.807, 2.05) is 4.40 Å². The van der Waals surface area contributed by atoms with Crippen LogP contribution in [0.4, 0.5) is 24.5 Å². The first-order valence-corrected chi connectivity index (χ1v) is 7.24. The van der Waals surface area contributed by atoms with Gasteiger partial charge in [0.05, 0.1) is 41.6 Å². The molecule has 0 saturated heterocycles. The van der Waals surface area contributed by atoms with E-state index >= 15 is 0 Å². The number of alkyl halides is 3. The van der Waals surface area contributed by atoms with Crippen LogP contribution in [0.5, 0.6) is 0 Å². The molecule has 0 unspecified atom stereocenters. The fourth-order valence-corrected chi connectivity index (χ4v) is 2.46. The third-order valence-electron chi connectivity index (χ3n) is 3.66. The van der Waals surface area contributed by atoms with Gasteiger partial charge in [-0.05, 0) is 18.2 Å². The molecule has 3 rings (SSSR count). The van der Waals surface area contributed by atoms with Crippen LogP contribution in [0, 0.1) is 0 Å². The lowest BCUT2D eigenvalue weighted by atomic mass is 10.1. The van der Waals surface area contributed by atoms with Crippen LogP contribution in [-0.4, -0.2) is 28.5 Å². The van der Waals surface area contributed by atoms with Gasteiger partial charge in [0.15, 0.2) is 5.65 Å². The molecule has 1 N–H and O–H groups in total. The summed E-state index contributed by atoms with van der Waals surface area (Å²) in [5.41, 5.74) is 1.93. The Kier molecular flexibility index (Phi) is 4.04. The fourth-order valence-electron chi connectivity index (χ4n) is 2.46. The summed E-state index contributed by atoms with van der Waals surface area (Å²) in [6, 6.07) is 3.67. The Labute approximate surface area is 136 Å². The Bertz CT molecular complexity index is 854. The quantitative estimate of drug-likeness (QED) is 0.793. The Morgan fingerprint density at radius 1 is 1.21 bits per heavy atom. The van der Waals surface area contributed by atoms with Crippen molar-refractivity contribution in [2.24, 2.45) is 0 Å². The first-order chi connectivity index (χ1) is 11.4. The molecule has 1 aromatic carbocycles. The minimum atomic E-state index is -4.38. The molecule has 3 aromatic rings. The maximum atomic E-state index is 13.0. The molecule has 2 aromatic heterocycles. The molecule has 8 heteroatoms. The lowest BCUT2D eigenvalue weighted by molar-refractivity contribution is -0.137. The number of benzene rings is 1. The molecule has 0 saturated carbocycles. The standard InChI is InChI=1S/C16H16F3N5/c1-23(2)14-4-3-11(16(17,18)19)7-13(14)21-8-12-9-22-15-10-20-5-6-24(12)15/h3-7,9-10,21H,8H2,1-2H3. The second kappa shape index (κ2) is 6.03. The molecule has 0 atom stereocenters. The van der Waals surface area contributed by atoms with Gasteiger partial charge < -0.3 is 10.2 Å². The first-order valence-electron chi connectivity index (χ1n) is 7.24. The first kappa shape index (κ1) is 16.1. The average Bonchev–Trinajstić information content (AvgIpc) is 2.95. The molecule has 126 valence electrons. The molecule has 5 nitrogen and oxygen atoms in total. The third kappa shape index (κ3) is 3.12. The van der Waals surface area contributed by atoms with E-state index in [0.717, 1.165) is 17.8 Å². The molecule has 0 amide bonds. The van der Waals surface area contributed by atoms with Gasteiger partial charge in [0.1, 0.15) is 0 Å². The zero-order valence-electron chi connectivity index (χ0n) is 13.2. The second-order valence-corrected chi connectivity index (χ2v) is 5.53. The van der Waals surface area contributed by atoms with Crippen molar-refractivity contribution in [3.63, 3.8) is 0 Å². The van der Waals surface area contributed by atoms with Crippen LogP contribution in [0.15, 0.2) is 43.0 Å². The van der Waals surface area contributed by atoms with Crippen molar-refractivity contribution < 1.29 is 13.2 Å². The van der Waals surface area contributed by atoms with E-state index in [0.29, 0.717) is 23.6 Å². The number of aromatic nitrogens is 3. The predicted octanol–water partition coefficient (Wildman–Crippen LogP) is 3.43. The van der Waals surface area contributed by atoms with Crippen molar-refractivity contribution in [1.29, 1.82) is 0 Å². The Balaban J connectivity index is 1.90. The SMILES string of the molecule is CN(C)c1ccc(C(F)(F)F)cc1NCc1cnc2cnccn12. The summed E-state index contributed by atoms with van der Waals surface area (Å²) in [7, 11) is 3.57. The van der Waals surface area contributed by atoms with Gasteiger partial charge in [0, 0.05) is 26.5 Å². The summed E-state index contributed by atoms with van der Waals surface area (Å²) in [6.07, 6.45) is 2.31. The predicted molar refractivity (Wildman–Crippen MR) is 86.1 cm³/mol. The highest BCUT2D eigenvalue weighted by atomic mass is 19.4. The summed E-state index contributed by atoms with van der Waals surface area (Å²) in [5, 5.41) is 3.08. The number of anilines is 2. The topological polar surface area (TPSA) is 45.5 Å². The van der Waals surface area contributed by atoms with Crippen molar-refractivity contribution in [2.45, 2.75) is 12.7 Å². The van der Waals surface area contributed by atoms with Crippen LogP contribution in [-0.2, 0) is 12.7 Å². The van der Waals surface area contributed by atoms with E-state index in [-0.39, 0.29) is 0 Å². The highest BCUT2D eigenvalue weighted by Gasteiger charge is 2.31. The molecule has 0 radical (unpaired) electrons. The molecule has 0 aliphatic carbocycles. The molecule has 24 heavy (non-hydrogen) atoms. The number of imidazole rings is 1. The monoisotopic (exact) mass is 335 g/mol. The highest BCUT2D eigenvalue weighted by Crippen LogP contribution is 2.35. The van der Waals surface area contributed by atoms with E-state index in [1.54, 1.807) is 43.8 Å². The van der Waals surface area contributed by atoms with Crippen LogP contribution in [0.3, 0.4) is 0 Å². The van der Waals surface area contributed by atoms with Crippen molar-refractivity contribution in [3.05, 3.63) is 54.2 Å². The Morgan fingerprint density at radius 3 is 2.71 bits per heavy atom. The molecule has 0 aliphatic heterocycles. The summed E-state index contributed by atoms with van der Waals surface area (Å²) >= 11 is 0. The van der Waals surface area contributed by atoms with Crippen LogP contribution in [0.2, 0.25) is 0 Å². The van der Waals surface area contributed by atoms with E-state index in [9.17, 15) is 13.2 Å². The molecule has 0 bridgehead atoms. The number of halogens is 3. The van der Waals surface area contributed by atoms with E-state index in [4.69, 9.17) is 0 Å². The molecule has 0 aliphatic rings. The van der Waals surface area contributed by atoms with Crippen LogP contribution >= 0.6 is 0 Å². The van der Waals surface area contributed by atoms with Gasteiger partial charge in [-0.2, -0.15) is 13.2 Å². The lowest BCUT2D eigenvalue weighted by Gasteiger charge is -2.20. The summed E-state index contributed by atoms with van der Waals surface area (Å²) in [6.45, 7) is 0.341. The molecular formula is C16H16F3N5. The third-order valence-corrected chi connectivity index (χ3v) is 3.66. The number of nitrogens with zero attached hydrogens (tertiary/aromatic N) is 4. The van der Waals surface area contributed by atoms with Crippen molar-refractivity contribution in [1.82, 2.24) is 14.4 Å². The van der Waals surface area contributed by atoms with E-state index < -0.39 is 11.7 Å². The van der Waals surface area contributed by atoms with Crippen LogP contribution < -0.4 is 10.2 Å². The minimum absolute atomic E-state index is 0.341. The number of nitrogens with one attached hydrogen (secondary N) is 1. The number of hydrogen-bond acceptors (Lipinski definition) is 4. The zero-order chi connectivity index (χ0) is 17.3. The average molecular weight is 335 g/mol. The Morgan fingerprint density at radius 2 is 2.00 bits per heavy atom. The van der Waals surface area contributed by atoms with Crippen molar-refractivity contribution in [3.8, 4) is 0 Å². The fraction of sp³-hybridized carbons (Fsp3) is 0.250. The number of fused-ring (bicyclic) bond motifs is 1. The van der Waals surface area contributed by atoms with Gasteiger partial charge in [-0.1, -0.05) is 0 Å². The smallest absolute Gasteiger partial charge is 0.378 e. The van der Waals surface area contributed by atoms with E-state index in [1.165, 1.54) is 6.07 Å². The summed E-state index contributed by atoms with van der Waals surface area (Å²) < 4.78 is 40.7. The highest BCUT2D eigenvalue weighted by molar-refractivity contribution is 5.70. The molecule has 2 heterocycles. The maximum Gasteiger partial charge on any atom is 0.416 e. The van der Waals surface area contributed by atoms with Crippen molar-refractivity contribution in [2.75, 3.05) is 24.3 Å². The van der Waals surface area contributed by atoms with Gasteiger partial charge in [-0.15, -0.1) is 0 Å². The summed E-state index contributed by atoms with van der Waals surface area (Å²) in [4.78, 5) is 9.97. The minimum Gasteiger partial charge on any atom is -0.378 e. The van der Waals surface area contributed by atoms with Crippen LogP contribution in [0.1, 0.15) is 11.3 Å². The van der Waals surface area contributed by atoms with Crippen molar-refractivity contribution >= 4 is 17.0 Å². The normalized spacial score (nSPS) is 11.7. The summed E-state index contributed by atoms with van der Waals surface area (Å²) in [5.74, 6) is 0. The maximum absolute atomic E-state index is 13.0. The van der Waals surface area contributed by atoms with Gasteiger partial charge >= 0.3 is 6.18 Å². The molecule has 0 fully saturated rings. The molecule has 0 spiro atoms. The number of rotatable bonds is 4. The van der Waals surface area contributed by atoms with Gasteiger partial charge in [0.2, 0.25) is 0 Å². The Hall–Kier alpha value is -2.77. The van der Waals surface area contributed by atoms with Gasteiger partial charge in [0.25, 0.3) is 0 Å². The lowest BCUT2D eigenvalue weighted by Crippen LogP contribution is -2.14. The second-order valence-electron chi connectivity index (χ2n) is 5.53. The number of hydrogen-bond donors (Lipinski definition) is 1. The molecular weight excluding hydrogens is 319 g/mol.